The summed E-state index contributed by atoms with van der Waals surface area (Å²) in [4.78, 5) is 0. The van der Waals surface area contributed by atoms with E-state index >= 15 is 0 Å². The molecule has 2 saturated heterocycles. The van der Waals surface area contributed by atoms with Crippen LogP contribution in [0.1, 0.15) is 39.0 Å². The van der Waals surface area contributed by atoms with Crippen molar-refractivity contribution in [1.82, 2.24) is 5.32 Å². The Bertz CT molecular complexity index is 216. The van der Waals surface area contributed by atoms with E-state index < -0.39 is 0 Å². The average Bonchev–Trinajstić information content (AvgIpc) is 2.74. The summed E-state index contributed by atoms with van der Waals surface area (Å²) in [6.45, 7) is 3.28. The summed E-state index contributed by atoms with van der Waals surface area (Å²) in [5.41, 5.74) is 0.274. The van der Waals surface area contributed by atoms with Gasteiger partial charge in [-0.15, -0.1) is 0 Å². The Balaban J connectivity index is 1.78. The molecule has 16 heavy (non-hydrogen) atoms. The molecule has 0 amide bonds. The molecule has 0 radical (unpaired) electrons. The van der Waals surface area contributed by atoms with Gasteiger partial charge in [-0.25, -0.2) is 0 Å². The van der Waals surface area contributed by atoms with Gasteiger partial charge in [-0.05, 0) is 57.7 Å². The average molecular weight is 243 g/mol. The first-order valence-corrected chi connectivity index (χ1v) is 7.78. The molecule has 3 heteroatoms. The molecule has 0 bridgehead atoms. The normalized spacial score (nSPS) is 36.8. The number of ether oxygens (including phenoxy) is 1. The zero-order valence-electron chi connectivity index (χ0n) is 10.6. The van der Waals surface area contributed by atoms with Crippen LogP contribution < -0.4 is 5.32 Å². The van der Waals surface area contributed by atoms with Gasteiger partial charge in [0.25, 0.3) is 0 Å². The molecule has 0 aromatic carbocycles. The molecule has 3 unspecified atom stereocenters. The minimum absolute atomic E-state index is 0.274. The Morgan fingerprint density at radius 2 is 2.44 bits per heavy atom. The second-order valence-corrected chi connectivity index (χ2v) is 6.57. The van der Waals surface area contributed by atoms with Crippen molar-refractivity contribution in [1.29, 1.82) is 0 Å². The van der Waals surface area contributed by atoms with E-state index in [1.807, 2.05) is 0 Å². The van der Waals surface area contributed by atoms with E-state index in [9.17, 15) is 0 Å². The van der Waals surface area contributed by atoms with E-state index in [4.69, 9.17) is 4.74 Å². The smallest absolute Gasteiger partial charge is 0.0783 e. The van der Waals surface area contributed by atoms with Crippen molar-refractivity contribution in [2.24, 2.45) is 5.92 Å². The van der Waals surface area contributed by atoms with Gasteiger partial charge in [-0.3, -0.25) is 0 Å². The van der Waals surface area contributed by atoms with Crippen LogP contribution in [-0.4, -0.2) is 36.8 Å². The number of nitrogens with one attached hydrogen (secondary N) is 1. The van der Waals surface area contributed by atoms with Gasteiger partial charge in [-0.2, -0.15) is 11.8 Å². The highest BCUT2D eigenvalue weighted by molar-refractivity contribution is 7.99. The van der Waals surface area contributed by atoms with E-state index in [0.29, 0.717) is 6.04 Å². The third-order valence-corrected chi connectivity index (χ3v) is 5.39. The lowest BCUT2D eigenvalue weighted by molar-refractivity contribution is -0.0809. The molecule has 2 aliphatic rings. The van der Waals surface area contributed by atoms with Crippen LogP contribution in [-0.2, 0) is 4.74 Å². The van der Waals surface area contributed by atoms with E-state index in [1.165, 1.54) is 43.6 Å². The van der Waals surface area contributed by atoms with Crippen molar-refractivity contribution in [2.45, 2.75) is 50.7 Å². The van der Waals surface area contributed by atoms with Crippen LogP contribution in [0, 0.1) is 5.92 Å². The van der Waals surface area contributed by atoms with Gasteiger partial charge in [0.2, 0.25) is 0 Å². The zero-order chi connectivity index (χ0) is 11.4. The van der Waals surface area contributed by atoms with Gasteiger partial charge in [-0.1, -0.05) is 0 Å². The Kier molecular flexibility index (Phi) is 4.57. The Morgan fingerprint density at radius 1 is 1.56 bits per heavy atom. The predicted molar refractivity (Wildman–Crippen MR) is 71.1 cm³/mol. The van der Waals surface area contributed by atoms with E-state index in [0.717, 1.165) is 12.5 Å². The largest absolute Gasteiger partial charge is 0.374 e. The molecule has 3 atom stereocenters. The number of hydrogen-bond acceptors (Lipinski definition) is 3. The Labute approximate surface area is 104 Å². The monoisotopic (exact) mass is 243 g/mol. The fourth-order valence-corrected chi connectivity index (χ4v) is 4.25. The first kappa shape index (κ1) is 12.7. The molecule has 2 rings (SSSR count). The van der Waals surface area contributed by atoms with Crippen LogP contribution in [0.2, 0.25) is 0 Å². The zero-order valence-corrected chi connectivity index (χ0v) is 11.4. The van der Waals surface area contributed by atoms with Crippen LogP contribution in [0.5, 0.6) is 0 Å². The van der Waals surface area contributed by atoms with E-state index in [2.05, 4.69) is 31.1 Å². The maximum Gasteiger partial charge on any atom is 0.0783 e. The Hall–Kier alpha value is 0.270. The van der Waals surface area contributed by atoms with E-state index in [-0.39, 0.29) is 5.60 Å². The van der Waals surface area contributed by atoms with Crippen LogP contribution in [0.25, 0.3) is 0 Å². The van der Waals surface area contributed by atoms with Crippen molar-refractivity contribution < 1.29 is 4.74 Å². The first-order valence-electron chi connectivity index (χ1n) is 6.63. The molecular formula is C13H25NOS. The third kappa shape index (κ3) is 3.14. The highest BCUT2D eigenvalue weighted by Crippen LogP contribution is 2.41. The summed E-state index contributed by atoms with van der Waals surface area (Å²) in [5, 5.41) is 3.33. The van der Waals surface area contributed by atoms with Gasteiger partial charge >= 0.3 is 0 Å². The van der Waals surface area contributed by atoms with Gasteiger partial charge in [0.1, 0.15) is 0 Å². The van der Waals surface area contributed by atoms with Crippen LogP contribution in [0.3, 0.4) is 0 Å². The quantitative estimate of drug-likeness (QED) is 0.820. The lowest BCUT2D eigenvalue weighted by Gasteiger charge is -2.38. The first-order chi connectivity index (χ1) is 7.74. The fourth-order valence-electron chi connectivity index (χ4n) is 2.87. The third-order valence-electron chi connectivity index (χ3n) is 4.16. The van der Waals surface area contributed by atoms with Crippen LogP contribution in [0.15, 0.2) is 0 Å². The molecule has 1 spiro atoms. The number of thioether (sulfide) groups is 1. The summed E-state index contributed by atoms with van der Waals surface area (Å²) in [5.74, 6) is 3.45. The van der Waals surface area contributed by atoms with Gasteiger partial charge < -0.3 is 10.1 Å². The lowest BCUT2D eigenvalue weighted by Crippen LogP contribution is -2.40. The molecule has 2 nitrogen and oxygen atoms in total. The summed E-state index contributed by atoms with van der Waals surface area (Å²) in [6.07, 6.45) is 6.57. The molecule has 2 aliphatic heterocycles. The maximum atomic E-state index is 6.05. The minimum Gasteiger partial charge on any atom is -0.374 e. The van der Waals surface area contributed by atoms with Crippen LogP contribution in [0.4, 0.5) is 0 Å². The highest BCUT2D eigenvalue weighted by Gasteiger charge is 2.40. The lowest BCUT2D eigenvalue weighted by atomic mass is 9.82. The summed E-state index contributed by atoms with van der Waals surface area (Å²) in [6, 6.07) is 0.664. The molecule has 2 fully saturated rings. The van der Waals surface area contributed by atoms with Gasteiger partial charge in [0.15, 0.2) is 0 Å². The molecule has 2 heterocycles. The maximum absolute atomic E-state index is 6.05. The molecule has 0 saturated carbocycles. The fraction of sp³-hybridized carbons (Fsp3) is 1.00. The van der Waals surface area contributed by atoms with Crippen molar-refractivity contribution in [3.63, 3.8) is 0 Å². The standard InChI is InChI=1S/C13H25NOS/c1-11(14-2)3-4-12-5-7-15-13(9-12)6-8-16-10-13/h11-12,14H,3-10H2,1-2H3. The Morgan fingerprint density at radius 3 is 3.12 bits per heavy atom. The number of rotatable bonds is 4. The number of hydrogen-bond donors (Lipinski definition) is 1. The second-order valence-electron chi connectivity index (χ2n) is 5.46. The molecule has 94 valence electrons. The van der Waals surface area contributed by atoms with Crippen molar-refractivity contribution in [2.75, 3.05) is 25.2 Å². The predicted octanol–water partition coefficient (Wildman–Crippen LogP) is 2.68. The van der Waals surface area contributed by atoms with Crippen molar-refractivity contribution >= 4 is 11.8 Å². The highest BCUT2D eigenvalue weighted by atomic mass is 32.2. The summed E-state index contributed by atoms with van der Waals surface area (Å²) >= 11 is 2.07. The topological polar surface area (TPSA) is 21.3 Å². The summed E-state index contributed by atoms with van der Waals surface area (Å²) < 4.78 is 6.05. The molecule has 0 aromatic heterocycles. The van der Waals surface area contributed by atoms with Gasteiger partial charge in [0.05, 0.1) is 5.60 Å². The van der Waals surface area contributed by atoms with Gasteiger partial charge in [0, 0.05) is 18.4 Å². The summed E-state index contributed by atoms with van der Waals surface area (Å²) in [7, 11) is 2.06. The molecular weight excluding hydrogens is 218 g/mol. The minimum atomic E-state index is 0.274. The second kappa shape index (κ2) is 5.74. The van der Waals surface area contributed by atoms with E-state index in [1.54, 1.807) is 0 Å². The van der Waals surface area contributed by atoms with Crippen LogP contribution >= 0.6 is 11.8 Å². The van der Waals surface area contributed by atoms with Crippen molar-refractivity contribution in [3.05, 3.63) is 0 Å². The van der Waals surface area contributed by atoms with Crippen molar-refractivity contribution in [3.8, 4) is 0 Å². The molecule has 0 aliphatic carbocycles. The molecule has 0 aromatic rings. The molecule has 1 N–H and O–H groups in total. The SMILES string of the molecule is CNC(C)CCC1CCOC2(CCSC2)C1.